The van der Waals surface area contributed by atoms with Crippen molar-refractivity contribution in [2.75, 3.05) is 11.9 Å². The summed E-state index contributed by atoms with van der Waals surface area (Å²) in [5, 5.41) is 13.3. The van der Waals surface area contributed by atoms with Crippen LogP contribution in [-0.4, -0.2) is 11.7 Å². The van der Waals surface area contributed by atoms with Gasteiger partial charge in [-0.25, -0.2) is 4.39 Å². The van der Waals surface area contributed by atoms with E-state index in [0.29, 0.717) is 21.3 Å². The molecule has 0 saturated heterocycles. The SMILES string of the molecule is OCC(Nc1ccccc1Cl)c1ccc(Cl)cc1F. The number of para-hydroxylation sites is 1. The topological polar surface area (TPSA) is 32.3 Å². The number of rotatable bonds is 4. The zero-order valence-corrected chi connectivity index (χ0v) is 11.4. The van der Waals surface area contributed by atoms with Gasteiger partial charge in [0.25, 0.3) is 0 Å². The number of benzene rings is 2. The van der Waals surface area contributed by atoms with Crippen molar-refractivity contribution in [3.63, 3.8) is 0 Å². The van der Waals surface area contributed by atoms with E-state index in [1.54, 1.807) is 36.4 Å². The van der Waals surface area contributed by atoms with Gasteiger partial charge in [-0.1, -0.05) is 41.4 Å². The first-order valence-electron chi connectivity index (χ1n) is 5.68. The summed E-state index contributed by atoms with van der Waals surface area (Å²) in [6, 6.07) is 10.8. The number of anilines is 1. The third-order valence-corrected chi connectivity index (χ3v) is 3.29. The Balaban J connectivity index is 2.28. The summed E-state index contributed by atoms with van der Waals surface area (Å²) >= 11 is 11.7. The summed E-state index contributed by atoms with van der Waals surface area (Å²) in [5.41, 5.74) is 0.976. The van der Waals surface area contributed by atoms with Crippen molar-refractivity contribution in [1.29, 1.82) is 0 Å². The molecule has 5 heteroatoms. The van der Waals surface area contributed by atoms with Crippen LogP contribution in [0.15, 0.2) is 42.5 Å². The van der Waals surface area contributed by atoms with Crippen molar-refractivity contribution >= 4 is 28.9 Å². The van der Waals surface area contributed by atoms with Gasteiger partial charge in [-0.05, 0) is 24.3 Å². The van der Waals surface area contributed by atoms with Gasteiger partial charge >= 0.3 is 0 Å². The molecule has 0 saturated carbocycles. The minimum absolute atomic E-state index is 0.260. The molecule has 1 atom stereocenters. The highest BCUT2D eigenvalue weighted by atomic mass is 35.5. The Kier molecular flexibility index (Phi) is 4.64. The molecule has 19 heavy (non-hydrogen) atoms. The minimum atomic E-state index is -0.586. The molecule has 0 amide bonds. The molecule has 0 heterocycles. The van der Waals surface area contributed by atoms with E-state index in [1.807, 2.05) is 0 Å². The minimum Gasteiger partial charge on any atom is -0.394 e. The zero-order chi connectivity index (χ0) is 13.8. The highest BCUT2D eigenvalue weighted by molar-refractivity contribution is 6.33. The first-order valence-corrected chi connectivity index (χ1v) is 6.44. The largest absolute Gasteiger partial charge is 0.394 e. The Hall–Kier alpha value is -1.29. The maximum Gasteiger partial charge on any atom is 0.130 e. The quantitative estimate of drug-likeness (QED) is 0.883. The van der Waals surface area contributed by atoms with E-state index in [4.69, 9.17) is 23.2 Å². The summed E-state index contributed by atoms with van der Waals surface area (Å²) in [6.45, 7) is -0.260. The van der Waals surface area contributed by atoms with E-state index < -0.39 is 11.9 Å². The molecule has 0 aromatic heterocycles. The van der Waals surface area contributed by atoms with Gasteiger partial charge in [0.2, 0.25) is 0 Å². The van der Waals surface area contributed by atoms with Crippen LogP contribution in [0.4, 0.5) is 10.1 Å². The Morgan fingerprint density at radius 2 is 1.89 bits per heavy atom. The van der Waals surface area contributed by atoms with Crippen LogP contribution >= 0.6 is 23.2 Å². The number of aliphatic hydroxyl groups is 1. The molecule has 100 valence electrons. The molecule has 0 aliphatic rings. The van der Waals surface area contributed by atoms with Gasteiger partial charge in [0.1, 0.15) is 5.82 Å². The molecule has 2 rings (SSSR count). The average molecular weight is 300 g/mol. The molecule has 0 aliphatic heterocycles. The van der Waals surface area contributed by atoms with Gasteiger partial charge in [0.05, 0.1) is 23.4 Å². The summed E-state index contributed by atoms with van der Waals surface area (Å²) < 4.78 is 13.8. The van der Waals surface area contributed by atoms with Crippen LogP contribution in [0.2, 0.25) is 10.0 Å². The van der Waals surface area contributed by atoms with Gasteiger partial charge in [-0.2, -0.15) is 0 Å². The monoisotopic (exact) mass is 299 g/mol. The fourth-order valence-electron chi connectivity index (χ4n) is 1.77. The Morgan fingerprint density at radius 3 is 2.53 bits per heavy atom. The number of halogens is 3. The van der Waals surface area contributed by atoms with Gasteiger partial charge in [-0.15, -0.1) is 0 Å². The molecular weight excluding hydrogens is 288 g/mol. The smallest absolute Gasteiger partial charge is 0.130 e. The number of aliphatic hydroxyl groups excluding tert-OH is 1. The predicted octanol–water partition coefficient (Wildman–Crippen LogP) is 4.28. The molecule has 0 spiro atoms. The second-order valence-corrected chi connectivity index (χ2v) is 4.87. The standard InChI is InChI=1S/C14H12Cl2FNO/c15-9-5-6-10(12(17)7-9)14(8-19)18-13-4-2-1-3-11(13)16/h1-7,14,18-19H,8H2. The van der Waals surface area contributed by atoms with Crippen LogP contribution in [0, 0.1) is 5.82 Å². The van der Waals surface area contributed by atoms with E-state index >= 15 is 0 Å². The molecule has 2 nitrogen and oxygen atoms in total. The van der Waals surface area contributed by atoms with E-state index in [2.05, 4.69) is 5.32 Å². The van der Waals surface area contributed by atoms with Crippen molar-refractivity contribution in [1.82, 2.24) is 0 Å². The van der Waals surface area contributed by atoms with Gasteiger partial charge in [-0.3, -0.25) is 0 Å². The third kappa shape index (κ3) is 3.38. The highest BCUT2D eigenvalue weighted by Crippen LogP contribution is 2.27. The Labute approximate surface area is 120 Å². The molecule has 1 unspecified atom stereocenters. The Bertz CT molecular complexity index is 577. The van der Waals surface area contributed by atoms with E-state index in [-0.39, 0.29) is 6.61 Å². The normalized spacial score (nSPS) is 12.2. The first-order chi connectivity index (χ1) is 9.11. The molecule has 0 bridgehead atoms. The molecular formula is C14H12Cl2FNO. The lowest BCUT2D eigenvalue weighted by Gasteiger charge is -2.19. The second kappa shape index (κ2) is 6.24. The molecule has 2 aromatic rings. The summed E-state index contributed by atoms with van der Waals surface area (Å²) in [7, 11) is 0. The van der Waals surface area contributed by atoms with Crippen molar-refractivity contribution in [2.24, 2.45) is 0 Å². The highest BCUT2D eigenvalue weighted by Gasteiger charge is 2.16. The number of hydrogen-bond acceptors (Lipinski definition) is 2. The first kappa shape index (κ1) is 14.1. The number of hydrogen-bond donors (Lipinski definition) is 2. The van der Waals surface area contributed by atoms with E-state index in [0.717, 1.165) is 0 Å². The van der Waals surface area contributed by atoms with Gasteiger partial charge in [0.15, 0.2) is 0 Å². The molecule has 0 radical (unpaired) electrons. The van der Waals surface area contributed by atoms with E-state index in [9.17, 15) is 9.50 Å². The van der Waals surface area contributed by atoms with Crippen molar-refractivity contribution < 1.29 is 9.50 Å². The van der Waals surface area contributed by atoms with Crippen molar-refractivity contribution in [3.05, 3.63) is 63.9 Å². The Morgan fingerprint density at radius 1 is 1.16 bits per heavy atom. The molecule has 2 aromatic carbocycles. The predicted molar refractivity (Wildman–Crippen MR) is 76.3 cm³/mol. The van der Waals surface area contributed by atoms with Gasteiger partial charge < -0.3 is 10.4 Å². The molecule has 0 aliphatic carbocycles. The van der Waals surface area contributed by atoms with E-state index in [1.165, 1.54) is 6.07 Å². The second-order valence-electron chi connectivity index (χ2n) is 4.03. The van der Waals surface area contributed by atoms with Crippen LogP contribution in [0.1, 0.15) is 11.6 Å². The lowest BCUT2D eigenvalue weighted by atomic mass is 10.1. The zero-order valence-electron chi connectivity index (χ0n) is 9.91. The fraction of sp³-hybridized carbons (Fsp3) is 0.143. The van der Waals surface area contributed by atoms with Crippen molar-refractivity contribution in [2.45, 2.75) is 6.04 Å². The van der Waals surface area contributed by atoms with Crippen LogP contribution in [0.25, 0.3) is 0 Å². The molecule has 0 fully saturated rings. The van der Waals surface area contributed by atoms with Crippen LogP contribution in [-0.2, 0) is 0 Å². The average Bonchev–Trinajstić information content (AvgIpc) is 2.39. The van der Waals surface area contributed by atoms with Crippen LogP contribution in [0.5, 0.6) is 0 Å². The molecule has 2 N–H and O–H groups in total. The lowest BCUT2D eigenvalue weighted by molar-refractivity contribution is 0.274. The summed E-state index contributed by atoms with van der Waals surface area (Å²) in [5.74, 6) is -0.467. The summed E-state index contributed by atoms with van der Waals surface area (Å²) in [4.78, 5) is 0. The van der Waals surface area contributed by atoms with Crippen LogP contribution < -0.4 is 5.32 Å². The number of nitrogens with one attached hydrogen (secondary N) is 1. The fourth-order valence-corrected chi connectivity index (χ4v) is 2.12. The summed E-state index contributed by atoms with van der Waals surface area (Å²) in [6.07, 6.45) is 0. The van der Waals surface area contributed by atoms with Gasteiger partial charge in [0, 0.05) is 10.6 Å². The van der Waals surface area contributed by atoms with Crippen molar-refractivity contribution in [3.8, 4) is 0 Å². The third-order valence-electron chi connectivity index (χ3n) is 2.72. The maximum atomic E-state index is 13.8. The van der Waals surface area contributed by atoms with Crippen LogP contribution in [0.3, 0.4) is 0 Å². The lowest BCUT2D eigenvalue weighted by Crippen LogP contribution is -2.16. The maximum absolute atomic E-state index is 13.8.